The first kappa shape index (κ1) is 19.5. The third-order valence-corrected chi connectivity index (χ3v) is 5.76. The highest BCUT2D eigenvalue weighted by molar-refractivity contribution is 7.99. The molecule has 150 valence electrons. The van der Waals surface area contributed by atoms with E-state index >= 15 is 0 Å². The fourth-order valence-corrected chi connectivity index (χ4v) is 4.21. The highest BCUT2D eigenvalue weighted by Crippen LogP contribution is 2.28. The molecule has 0 aliphatic carbocycles. The van der Waals surface area contributed by atoms with Gasteiger partial charge in [-0.3, -0.25) is 15.1 Å². The van der Waals surface area contributed by atoms with Gasteiger partial charge in [0.2, 0.25) is 11.8 Å². The molecule has 0 saturated carbocycles. The summed E-state index contributed by atoms with van der Waals surface area (Å²) in [6.45, 7) is 1.90. The van der Waals surface area contributed by atoms with E-state index in [1.54, 1.807) is 31.3 Å². The van der Waals surface area contributed by atoms with Crippen molar-refractivity contribution >= 4 is 17.7 Å². The zero-order valence-corrected chi connectivity index (χ0v) is 17.0. The van der Waals surface area contributed by atoms with Crippen molar-refractivity contribution in [2.24, 2.45) is 0 Å². The molecule has 1 aliphatic heterocycles. The molecule has 29 heavy (non-hydrogen) atoms. The van der Waals surface area contributed by atoms with Crippen LogP contribution < -0.4 is 15.4 Å². The molecular weight excluding hydrogens is 388 g/mol. The maximum Gasteiger partial charge on any atom is 0.226 e. The van der Waals surface area contributed by atoms with Gasteiger partial charge in [0.25, 0.3) is 0 Å². The van der Waals surface area contributed by atoms with Crippen LogP contribution in [0.4, 0.5) is 0 Å². The van der Waals surface area contributed by atoms with Gasteiger partial charge in [-0.1, -0.05) is 6.07 Å². The number of nitrogens with one attached hydrogen (secondary N) is 2. The molecule has 3 aromatic rings. The Balaban J connectivity index is 1.42. The number of nitrogens with zero attached hydrogens (tertiary/aromatic N) is 2. The lowest BCUT2D eigenvalue weighted by Gasteiger charge is -2.31. The normalized spacial score (nSPS) is 19.0. The molecule has 2 aromatic heterocycles. The Kier molecular flexibility index (Phi) is 5.82. The van der Waals surface area contributed by atoms with Crippen LogP contribution in [-0.2, 0) is 10.5 Å². The van der Waals surface area contributed by atoms with Crippen molar-refractivity contribution in [2.75, 3.05) is 7.11 Å². The first-order valence-electron chi connectivity index (χ1n) is 9.30. The first-order chi connectivity index (χ1) is 14.1. The van der Waals surface area contributed by atoms with Crippen LogP contribution in [0, 0.1) is 6.92 Å². The molecule has 1 amide bonds. The topological polar surface area (TPSA) is 89.3 Å². The van der Waals surface area contributed by atoms with Crippen LogP contribution in [0.25, 0.3) is 11.5 Å². The van der Waals surface area contributed by atoms with Gasteiger partial charge in [0.1, 0.15) is 17.0 Å². The Labute approximate surface area is 173 Å². The van der Waals surface area contributed by atoms with Gasteiger partial charge in [-0.15, -0.1) is 11.8 Å². The lowest BCUT2D eigenvalue weighted by Crippen LogP contribution is -2.51. The molecule has 4 rings (SSSR count). The van der Waals surface area contributed by atoms with E-state index in [0.29, 0.717) is 18.1 Å². The highest BCUT2D eigenvalue weighted by Gasteiger charge is 2.27. The molecule has 1 saturated heterocycles. The Bertz CT molecular complexity index is 975. The maximum absolute atomic E-state index is 12.1. The summed E-state index contributed by atoms with van der Waals surface area (Å²) in [4.78, 5) is 20.9. The van der Waals surface area contributed by atoms with Crippen molar-refractivity contribution in [3.8, 4) is 17.2 Å². The van der Waals surface area contributed by atoms with Crippen molar-refractivity contribution in [3.05, 3.63) is 65.8 Å². The average Bonchev–Trinajstić information content (AvgIpc) is 3.13. The molecule has 2 atom stereocenters. The molecule has 7 nitrogen and oxygen atoms in total. The van der Waals surface area contributed by atoms with Crippen LogP contribution >= 0.6 is 11.8 Å². The van der Waals surface area contributed by atoms with Gasteiger partial charge in [-0.2, -0.15) is 0 Å². The average molecular weight is 410 g/mol. The summed E-state index contributed by atoms with van der Waals surface area (Å²) >= 11 is 1.58. The van der Waals surface area contributed by atoms with Crippen LogP contribution in [0.1, 0.15) is 29.5 Å². The van der Waals surface area contributed by atoms with Crippen molar-refractivity contribution in [1.29, 1.82) is 0 Å². The second kappa shape index (κ2) is 8.67. The van der Waals surface area contributed by atoms with Gasteiger partial charge in [0.05, 0.1) is 12.8 Å². The van der Waals surface area contributed by atoms with E-state index in [1.807, 2.05) is 43.3 Å². The maximum atomic E-state index is 12.1. The Morgan fingerprint density at radius 1 is 1.28 bits per heavy atom. The Morgan fingerprint density at radius 2 is 2.10 bits per heavy atom. The summed E-state index contributed by atoms with van der Waals surface area (Å²) in [6.07, 6.45) is 3.92. The van der Waals surface area contributed by atoms with Crippen molar-refractivity contribution in [2.45, 2.75) is 30.6 Å². The SMILES string of the molecule is COc1ccc(-c2nc(CSC3NC(=O)CC(c4cccnc4)N3)c(C)o2)cc1. The number of carbonyl (C=O) groups is 1. The third-order valence-electron chi connectivity index (χ3n) is 4.74. The number of benzene rings is 1. The molecule has 0 radical (unpaired) electrons. The standard InChI is InChI=1S/C21H22N4O3S/c1-13-18(23-20(28-13)14-5-7-16(27-2)8-6-14)12-29-21-24-17(10-19(26)25-21)15-4-3-9-22-11-15/h3-9,11,17,21,24H,10,12H2,1-2H3,(H,25,26). The smallest absolute Gasteiger partial charge is 0.226 e. The minimum Gasteiger partial charge on any atom is -0.497 e. The van der Waals surface area contributed by atoms with E-state index in [0.717, 1.165) is 28.3 Å². The minimum absolute atomic E-state index is 0.0194. The van der Waals surface area contributed by atoms with E-state index in [9.17, 15) is 4.79 Å². The highest BCUT2D eigenvalue weighted by atomic mass is 32.2. The van der Waals surface area contributed by atoms with E-state index in [1.165, 1.54) is 0 Å². The largest absolute Gasteiger partial charge is 0.497 e. The quantitative estimate of drug-likeness (QED) is 0.644. The van der Waals surface area contributed by atoms with Gasteiger partial charge in [-0.25, -0.2) is 4.98 Å². The number of ether oxygens (including phenoxy) is 1. The molecule has 2 unspecified atom stereocenters. The van der Waals surface area contributed by atoms with E-state index in [-0.39, 0.29) is 17.4 Å². The molecule has 1 aromatic carbocycles. The first-order valence-corrected chi connectivity index (χ1v) is 10.3. The summed E-state index contributed by atoms with van der Waals surface area (Å²) in [5.41, 5.74) is 2.56. The molecule has 1 fully saturated rings. The number of carbonyl (C=O) groups excluding carboxylic acids is 1. The number of thioether (sulfide) groups is 1. The van der Waals surface area contributed by atoms with Gasteiger partial charge in [0.15, 0.2) is 0 Å². The number of methoxy groups -OCH3 is 1. The van der Waals surface area contributed by atoms with Crippen LogP contribution in [0.15, 0.2) is 53.2 Å². The van der Waals surface area contributed by atoms with Crippen molar-refractivity contribution in [3.63, 3.8) is 0 Å². The number of aryl methyl sites for hydroxylation is 1. The van der Waals surface area contributed by atoms with Gasteiger partial charge in [0, 0.05) is 36.2 Å². The summed E-state index contributed by atoms with van der Waals surface area (Å²) in [5.74, 6) is 2.77. The van der Waals surface area contributed by atoms with Crippen LogP contribution in [-0.4, -0.2) is 28.5 Å². The van der Waals surface area contributed by atoms with Gasteiger partial charge >= 0.3 is 0 Å². The molecule has 2 N–H and O–H groups in total. The molecule has 0 spiro atoms. The predicted octanol–water partition coefficient (Wildman–Crippen LogP) is 3.42. The number of rotatable bonds is 6. The van der Waals surface area contributed by atoms with Crippen LogP contribution in [0.2, 0.25) is 0 Å². The Morgan fingerprint density at radius 3 is 2.83 bits per heavy atom. The molecular formula is C21H22N4O3S. The van der Waals surface area contributed by atoms with Gasteiger partial charge in [-0.05, 0) is 42.8 Å². The number of amides is 1. The number of hydrogen-bond acceptors (Lipinski definition) is 7. The predicted molar refractivity (Wildman–Crippen MR) is 111 cm³/mol. The molecule has 1 aliphatic rings. The van der Waals surface area contributed by atoms with E-state index in [2.05, 4.69) is 20.6 Å². The minimum atomic E-state index is -0.206. The monoisotopic (exact) mass is 410 g/mol. The Hall–Kier alpha value is -2.84. The number of hydrogen-bond donors (Lipinski definition) is 2. The lowest BCUT2D eigenvalue weighted by molar-refractivity contribution is -0.123. The third kappa shape index (κ3) is 4.60. The zero-order chi connectivity index (χ0) is 20.2. The van der Waals surface area contributed by atoms with Crippen molar-refractivity contribution in [1.82, 2.24) is 20.6 Å². The van der Waals surface area contributed by atoms with E-state index in [4.69, 9.17) is 9.15 Å². The van der Waals surface area contributed by atoms with Crippen LogP contribution in [0.5, 0.6) is 5.75 Å². The summed E-state index contributed by atoms with van der Waals surface area (Å²) in [6, 6.07) is 11.4. The summed E-state index contributed by atoms with van der Waals surface area (Å²) in [7, 11) is 1.64. The number of aromatic nitrogens is 2. The molecule has 8 heteroatoms. The summed E-state index contributed by atoms with van der Waals surface area (Å²) < 4.78 is 11.0. The van der Waals surface area contributed by atoms with Crippen molar-refractivity contribution < 1.29 is 13.9 Å². The van der Waals surface area contributed by atoms with E-state index < -0.39 is 0 Å². The number of pyridine rings is 1. The second-order valence-corrected chi connectivity index (χ2v) is 7.81. The zero-order valence-electron chi connectivity index (χ0n) is 16.2. The van der Waals surface area contributed by atoms with Gasteiger partial charge < -0.3 is 14.5 Å². The van der Waals surface area contributed by atoms with Crippen LogP contribution in [0.3, 0.4) is 0 Å². The second-order valence-electron chi connectivity index (χ2n) is 6.72. The fourth-order valence-electron chi connectivity index (χ4n) is 3.14. The lowest BCUT2D eigenvalue weighted by atomic mass is 10.0. The fraction of sp³-hybridized carbons (Fsp3) is 0.286. The molecule has 3 heterocycles. The molecule has 0 bridgehead atoms. The number of oxazole rings is 1. The summed E-state index contributed by atoms with van der Waals surface area (Å²) in [5, 5.41) is 6.44.